The van der Waals surface area contributed by atoms with E-state index in [0.717, 1.165) is 45.0 Å². The molecule has 0 aliphatic carbocycles. The highest BCUT2D eigenvalue weighted by Gasteiger charge is 2.26. The van der Waals surface area contributed by atoms with Crippen LogP contribution in [0.25, 0.3) is 0 Å². The summed E-state index contributed by atoms with van der Waals surface area (Å²) in [5, 5.41) is 17.1. The quantitative estimate of drug-likeness (QED) is 0.194. The number of ether oxygens (including phenoxy) is 1. The van der Waals surface area contributed by atoms with E-state index in [9.17, 15) is 5.11 Å². The molecule has 0 aliphatic heterocycles. The van der Waals surface area contributed by atoms with E-state index in [1.165, 1.54) is 0 Å². The molecule has 0 aliphatic rings. The zero-order valence-corrected chi connectivity index (χ0v) is 19.0. The summed E-state index contributed by atoms with van der Waals surface area (Å²) in [6, 6.07) is 3.64. The van der Waals surface area contributed by atoms with Gasteiger partial charge in [0.1, 0.15) is 17.1 Å². The Bertz CT molecular complexity index is 520. The Kier molecular flexibility index (Phi) is 12.9. The largest absolute Gasteiger partial charge is 0.463 e. The molecule has 0 bridgehead atoms. The molecule has 1 aromatic heterocycles. The van der Waals surface area contributed by atoms with Gasteiger partial charge in [-0.1, -0.05) is 0 Å². The number of methoxy groups -OCH3 is 1. The van der Waals surface area contributed by atoms with Crippen molar-refractivity contribution in [3.63, 3.8) is 0 Å². The number of nitrogens with one attached hydrogen (secondary N) is 2. The number of furan rings is 1. The van der Waals surface area contributed by atoms with E-state index < -0.39 is 5.60 Å². The molecule has 0 spiro atoms. The van der Waals surface area contributed by atoms with Crippen LogP contribution in [0.5, 0.6) is 0 Å². The summed E-state index contributed by atoms with van der Waals surface area (Å²) in [6.07, 6.45) is 0.998. The van der Waals surface area contributed by atoms with Crippen molar-refractivity contribution in [1.29, 1.82) is 0 Å². The van der Waals surface area contributed by atoms with Crippen molar-refractivity contribution in [2.24, 2.45) is 4.99 Å². The minimum atomic E-state index is -1.13. The predicted octanol–water partition coefficient (Wildman–Crippen LogP) is 1.94. The molecule has 1 atom stereocenters. The summed E-state index contributed by atoms with van der Waals surface area (Å²) in [4.78, 5) is 6.72. The van der Waals surface area contributed by atoms with Gasteiger partial charge in [-0.3, -0.25) is 0 Å². The molecule has 1 unspecified atom stereocenters. The molecule has 0 saturated heterocycles. The van der Waals surface area contributed by atoms with Gasteiger partial charge in [-0.15, -0.1) is 24.0 Å². The second-order valence-corrected chi connectivity index (χ2v) is 6.46. The van der Waals surface area contributed by atoms with E-state index in [-0.39, 0.29) is 30.5 Å². The third-order valence-electron chi connectivity index (χ3n) is 3.85. The summed E-state index contributed by atoms with van der Waals surface area (Å²) >= 11 is 0. The number of rotatable bonds is 11. The Hall–Kier alpha value is -0.840. The lowest BCUT2D eigenvalue weighted by molar-refractivity contribution is 0.0428. The minimum Gasteiger partial charge on any atom is -0.463 e. The van der Waals surface area contributed by atoms with Crippen molar-refractivity contribution >= 4 is 29.9 Å². The van der Waals surface area contributed by atoms with Gasteiger partial charge in [0.15, 0.2) is 5.96 Å². The number of aliphatic imine (C=N–C) groups is 1. The van der Waals surface area contributed by atoms with Crippen LogP contribution in [-0.2, 0) is 10.3 Å². The predicted molar refractivity (Wildman–Crippen MR) is 116 cm³/mol. The molecule has 0 fully saturated rings. The number of nitrogens with zero attached hydrogens (tertiary/aromatic N) is 2. The average molecular weight is 482 g/mol. The molecule has 152 valence electrons. The SMILES string of the molecule is CCNC(=NCC(C)(O)c1ccc(C)o1)NCCCN(C)CCOC.I. The van der Waals surface area contributed by atoms with Crippen LogP contribution < -0.4 is 10.6 Å². The van der Waals surface area contributed by atoms with Crippen LogP contribution in [0, 0.1) is 6.92 Å². The lowest BCUT2D eigenvalue weighted by Gasteiger charge is -2.20. The highest BCUT2D eigenvalue weighted by Crippen LogP contribution is 2.22. The van der Waals surface area contributed by atoms with Crippen LogP contribution >= 0.6 is 24.0 Å². The zero-order valence-electron chi connectivity index (χ0n) is 16.7. The van der Waals surface area contributed by atoms with E-state index in [1.807, 2.05) is 19.9 Å². The number of aryl methyl sites for hydroxylation is 1. The van der Waals surface area contributed by atoms with Crippen LogP contribution in [0.2, 0.25) is 0 Å². The Morgan fingerprint density at radius 1 is 1.35 bits per heavy atom. The van der Waals surface area contributed by atoms with Crippen LogP contribution in [0.1, 0.15) is 31.8 Å². The second kappa shape index (κ2) is 13.3. The first kappa shape index (κ1) is 25.2. The van der Waals surface area contributed by atoms with Gasteiger partial charge in [-0.05, 0) is 52.9 Å². The summed E-state index contributed by atoms with van der Waals surface area (Å²) in [5.74, 6) is 2.01. The minimum absolute atomic E-state index is 0. The normalized spacial score (nSPS) is 14.0. The number of hydrogen-bond acceptors (Lipinski definition) is 5. The number of likely N-dealkylation sites (N-methyl/N-ethyl adjacent to an activating group) is 1. The van der Waals surface area contributed by atoms with Gasteiger partial charge < -0.3 is 29.8 Å². The summed E-state index contributed by atoms with van der Waals surface area (Å²) < 4.78 is 10.6. The van der Waals surface area contributed by atoms with Crippen LogP contribution in [0.3, 0.4) is 0 Å². The van der Waals surface area contributed by atoms with Crippen molar-refractivity contribution in [2.75, 3.05) is 53.5 Å². The molecule has 0 radical (unpaired) electrons. The first-order valence-electron chi connectivity index (χ1n) is 8.88. The molecule has 0 saturated carbocycles. The summed E-state index contributed by atoms with van der Waals surface area (Å²) in [6.45, 7) is 10.0. The van der Waals surface area contributed by atoms with Crippen molar-refractivity contribution in [3.8, 4) is 0 Å². The standard InChI is InChI=1S/C18H34N4O3.HI/c1-6-19-17(20-10-7-11-22(4)12-13-24-5)21-14-18(3,23)16-9-8-15(2)25-16;/h8-9,23H,6-7,10-14H2,1-5H3,(H2,19,20,21);1H. The van der Waals surface area contributed by atoms with Crippen molar-refractivity contribution < 1.29 is 14.3 Å². The number of halogens is 1. The Balaban J connectivity index is 0.00000625. The average Bonchev–Trinajstić information content (AvgIpc) is 3.02. The van der Waals surface area contributed by atoms with Gasteiger partial charge in [0.25, 0.3) is 0 Å². The first-order valence-corrected chi connectivity index (χ1v) is 8.88. The number of aliphatic hydroxyl groups is 1. The number of hydrogen-bond donors (Lipinski definition) is 3. The van der Waals surface area contributed by atoms with E-state index in [0.29, 0.717) is 11.7 Å². The molecule has 8 heteroatoms. The molecule has 7 nitrogen and oxygen atoms in total. The van der Waals surface area contributed by atoms with Crippen molar-refractivity contribution in [1.82, 2.24) is 15.5 Å². The maximum absolute atomic E-state index is 10.6. The molecular weight excluding hydrogens is 447 g/mol. The molecular formula is C18H35IN4O3. The maximum Gasteiger partial charge on any atom is 0.191 e. The molecule has 0 amide bonds. The fourth-order valence-electron chi connectivity index (χ4n) is 2.29. The van der Waals surface area contributed by atoms with E-state index in [2.05, 4.69) is 27.6 Å². The van der Waals surface area contributed by atoms with Crippen molar-refractivity contribution in [2.45, 2.75) is 32.8 Å². The lowest BCUT2D eigenvalue weighted by Crippen LogP contribution is -2.40. The van der Waals surface area contributed by atoms with Gasteiger partial charge >= 0.3 is 0 Å². The van der Waals surface area contributed by atoms with Gasteiger partial charge in [-0.25, -0.2) is 4.99 Å². The molecule has 0 aromatic carbocycles. The monoisotopic (exact) mass is 482 g/mol. The third kappa shape index (κ3) is 9.75. The fraction of sp³-hybridized carbons (Fsp3) is 0.722. The van der Waals surface area contributed by atoms with Crippen molar-refractivity contribution in [3.05, 3.63) is 23.7 Å². The van der Waals surface area contributed by atoms with E-state index in [4.69, 9.17) is 9.15 Å². The maximum atomic E-state index is 10.6. The fourth-order valence-corrected chi connectivity index (χ4v) is 2.29. The Labute approximate surface area is 174 Å². The molecule has 1 heterocycles. The van der Waals surface area contributed by atoms with Crippen LogP contribution in [0.4, 0.5) is 0 Å². The molecule has 1 aromatic rings. The topological polar surface area (TPSA) is 82.3 Å². The Morgan fingerprint density at radius 3 is 2.65 bits per heavy atom. The molecule has 1 rings (SSSR count). The van der Waals surface area contributed by atoms with E-state index >= 15 is 0 Å². The van der Waals surface area contributed by atoms with Gasteiger partial charge in [0.2, 0.25) is 0 Å². The zero-order chi connectivity index (χ0) is 18.7. The molecule has 3 N–H and O–H groups in total. The van der Waals surface area contributed by atoms with Crippen LogP contribution in [-0.4, -0.2) is 69.5 Å². The van der Waals surface area contributed by atoms with Gasteiger partial charge in [0, 0.05) is 26.7 Å². The third-order valence-corrected chi connectivity index (χ3v) is 3.85. The van der Waals surface area contributed by atoms with Gasteiger partial charge in [-0.2, -0.15) is 0 Å². The highest BCUT2D eigenvalue weighted by atomic mass is 127. The Morgan fingerprint density at radius 2 is 2.08 bits per heavy atom. The smallest absolute Gasteiger partial charge is 0.191 e. The number of guanidine groups is 1. The first-order chi connectivity index (χ1) is 11.9. The van der Waals surface area contributed by atoms with E-state index in [1.54, 1.807) is 20.1 Å². The molecule has 26 heavy (non-hydrogen) atoms. The highest BCUT2D eigenvalue weighted by molar-refractivity contribution is 14.0. The second-order valence-electron chi connectivity index (χ2n) is 6.46. The lowest BCUT2D eigenvalue weighted by atomic mass is 10.0. The summed E-state index contributed by atoms with van der Waals surface area (Å²) in [5.41, 5.74) is -1.13. The van der Waals surface area contributed by atoms with Crippen LogP contribution in [0.15, 0.2) is 21.5 Å². The van der Waals surface area contributed by atoms with Gasteiger partial charge in [0.05, 0.1) is 13.2 Å². The summed E-state index contributed by atoms with van der Waals surface area (Å²) in [7, 11) is 3.80.